The number of benzene rings is 2. The molecule has 0 saturated heterocycles. The van der Waals surface area contributed by atoms with Crippen LogP contribution < -0.4 is 16.2 Å². The molecule has 0 unspecified atom stereocenters. The zero-order chi connectivity index (χ0) is 18.4. The standard InChI is InChI=1S/C17H16BrF2N3O2/c1-10(11-6-7-14(19)15(20)8-11)21-9-16(24)22-23-17(25)12-4-2-3-5-13(12)18/h2-8,10,21H,9H2,1H3,(H,22,24)(H,23,25)/t10-/m0/s1. The van der Waals surface area contributed by atoms with Crippen LogP contribution >= 0.6 is 15.9 Å². The first-order valence-electron chi connectivity index (χ1n) is 7.40. The van der Waals surface area contributed by atoms with E-state index in [0.29, 0.717) is 15.6 Å². The Morgan fingerprint density at radius 1 is 1.08 bits per heavy atom. The average molecular weight is 412 g/mol. The fraction of sp³-hybridized carbons (Fsp3) is 0.176. The number of carbonyl (C=O) groups is 2. The van der Waals surface area contributed by atoms with Crippen molar-refractivity contribution in [3.05, 3.63) is 69.7 Å². The van der Waals surface area contributed by atoms with Gasteiger partial charge in [0.25, 0.3) is 11.8 Å². The highest BCUT2D eigenvalue weighted by atomic mass is 79.9. The second kappa shape index (κ2) is 8.68. The van der Waals surface area contributed by atoms with Crippen LogP contribution in [0.2, 0.25) is 0 Å². The van der Waals surface area contributed by atoms with Crippen LogP contribution in [0, 0.1) is 11.6 Å². The van der Waals surface area contributed by atoms with Crippen LogP contribution in [0.3, 0.4) is 0 Å². The molecule has 2 amide bonds. The second-order valence-electron chi connectivity index (χ2n) is 5.26. The lowest BCUT2D eigenvalue weighted by atomic mass is 10.1. The molecule has 0 fully saturated rings. The van der Waals surface area contributed by atoms with Crippen molar-refractivity contribution in [3.8, 4) is 0 Å². The lowest BCUT2D eigenvalue weighted by Crippen LogP contribution is -2.45. The summed E-state index contributed by atoms with van der Waals surface area (Å²) < 4.78 is 26.7. The number of hydrazine groups is 1. The highest BCUT2D eigenvalue weighted by molar-refractivity contribution is 9.10. The van der Waals surface area contributed by atoms with Gasteiger partial charge in [-0.1, -0.05) is 18.2 Å². The van der Waals surface area contributed by atoms with Crippen LogP contribution in [-0.2, 0) is 4.79 Å². The summed E-state index contributed by atoms with van der Waals surface area (Å²) in [7, 11) is 0. The van der Waals surface area contributed by atoms with Gasteiger partial charge in [0.05, 0.1) is 12.1 Å². The zero-order valence-electron chi connectivity index (χ0n) is 13.3. The van der Waals surface area contributed by atoms with Gasteiger partial charge in [0, 0.05) is 10.5 Å². The molecule has 25 heavy (non-hydrogen) atoms. The van der Waals surface area contributed by atoms with Crippen LogP contribution in [0.4, 0.5) is 8.78 Å². The number of hydrogen-bond acceptors (Lipinski definition) is 3. The van der Waals surface area contributed by atoms with Crippen molar-refractivity contribution in [1.82, 2.24) is 16.2 Å². The zero-order valence-corrected chi connectivity index (χ0v) is 14.9. The largest absolute Gasteiger partial charge is 0.302 e. The van der Waals surface area contributed by atoms with Crippen molar-refractivity contribution >= 4 is 27.7 Å². The molecule has 0 spiro atoms. The van der Waals surface area contributed by atoms with Gasteiger partial charge in [0.15, 0.2) is 11.6 Å². The molecule has 0 aromatic heterocycles. The van der Waals surface area contributed by atoms with Gasteiger partial charge in [-0.15, -0.1) is 0 Å². The van der Waals surface area contributed by atoms with Crippen LogP contribution in [0.25, 0.3) is 0 Å². The Morgan fingerprint density at radius 3 is 2.48 bits per heavy atom. The second-order valence-corrected chi connectivity index (χ2v) is 6.11. The van der Waals surface area contributed by atoms with Crippen LogP contribution in [0.5, 0.6) is 0 Å². The lowest BCUT2D eigenvalue weighted by Gasteiger charge is -2.15. The normalized spacial score (nSPS) is 11.7. The first-order chi connectivity index (χ1) is 11.9. The third kappa shape index (κ3) is 5.33. The molecule has 0 bridgehead atoms. The molecule has 2 aromatic carbocycles. The summed E-state index contributed by atoms with van der Waals surface area (Å²) in [5.41, 5.74) is 5.47. The van der Waals surface area contributed by atoms with Gasteiger partial charge in [-0.2, -0.15) is 0 Å². The van der Waals surface area contributed by atoms with E-state index in [1.807, 2.05) is 0 Å². The van der Waals surface area contributed by atoms with E-state index in [9.17, 15) is 18.4 Å². The first kappa shape index (κ1) is 19.0. The third-order valence-corrected chi connectivity index (χ3v) is 4.14. The smallest absolute Gasteiger partial charge is 0.270 e. The molecule has 0 aliphatic rings. The molecular weight excluding hydrogens is 396 g/mol. The maximum absolute atomic E-state index is 13.2. The van der Waals surface area contributed by atoms with Gasteiger partial charge >= 0.3 is 0 Å². The molecule has 0 radical (unpaired) electrons. The Kier molecular flexibility index (Phi) is 6.60. The summed E-state index contributed by atoms with van der Waals surface area (Å²) in [5.74, 6) is -2.82. The molecule has 3 N–H and O–H groups in total. The summed E-state index contributed by atoms with van der Waals surface area (Å²) in [6.45, 7) is 1.59. The van der Waals surface area contributed by atoms with Gasteiger partial charge in [-0.05, 0) is 52.7 Å². The number of amides is 2. The summed E-state index contributed by atoms with van der Waals surface area (Å²) in [4.78, 5) is 23.7. The highest BCUT2D eigenvalue weighted by Crippen LogP contribution is 2.16. The molecule has 8 heteroatoms. The number of halogens is 3. The average Bonchev–Trinajstić information content (AvgIpc) is 2.60. The van der Waals surface area contributed by atoms with E-state index >= 15 is 0 Å². The fourth-order valence-electron chi connectivity index (χ4n) is 2.03. The number of nitrogens with one attached hydrogen (secondary N) is 3. The highest BCUT2D eigenvalue weighted by Gasteiger charge is 2.12. The summed E-state index contributed by atoms with van der Waals surface area (Å²) >= 11 is 3.25. The number of hydrogen-bond donors (Lipinski definition) is 3. The van der Waals surface area contributed by atoms with Crippen molar-refractivity contribution in [2.45, 2.75) is 13.0 Å². The Labute approximate surface area is 151 Å². The fourth-order valence-corrected chi connectivity index (χ4v) is 2.49. The van der Waals surface area contributed by atoms with Crippen LogP contribution in [0.1, 0.15) is 28.9 Å². The van der Waals surface area contributed by atoms with Crippen molar-refractivity contribution in [3.63, 3.8) is 0 Å². The lowest BCUT2D eigenvalue weighted by molar-refractivity contribution is -0.121. The van der Waals surface area contributed by atoms with Crippen LogP contribution in [-0.4, -0.2) is 18.4 Å². The molecule has 5 nitrogen and oxygen atoms in total. The SMILES string of the molecule is C[C@H](NCC(=O)NNC(=O)c1ccccc1Br)c1ccc(F)c(F)c1. The van der Waals surface area contributed by atoms with Gasteiger partial charge in [-0.25, -0.2) is 8.78 Å². The van der Waals surface area contributed by atoms with E-state index in [0.717, 1.165) is 12.1 Å². The molecule has 0 aliphatic carbocycles. The summed E-state index contributed by atoms with van der Waals surface area (Å²) in [5, 5.41) is 2.86. The quantitative estimate of drug-likeness (QED) is 0.662. The van der Waals surface area contributed by atoms with E-state index < -0.39 is 23.4 Å². The van der Waals surface area contributed by atoms with E-state index in [2.05, 4.69) is 32.1 Å². The molecule has 132 valence electrons. The van der Waals surface area contributed by atoms with Gasteiger partial charge < -0.3 is 5.32 Å². The molecule has 0 aliphatic heterocycles. The Morgan fingerprint density at radius 2 is 1.80 bits per heavy atom. The number of rotatable bonds is 5. The van der Waals surface area contributed by atoms with Crippen LogP contribution in [0.15, 0.2) is 46.9 Å². The van der Waals surface area contributed by atoms with Crippen molar-refractivity contribution in [1.29, 1.82) is 0 Å². The maximum Gasteiger partial charge on any atom is 0.270 e. The summed E-state index contributed by atoms with van der Waals surface area (Å²) in [6, 6.07) is 9.94. The van der Waals surface area contributed by atoms with Gasteiger partial charge in [0.2, 0.25) is 0 Å². The predicted octanol–water partition coefficient (Wildman–Crippen LogP) is 2.84. The summed E-state index contributed by atoms with van der Waals surface area (Å²) in [6.07, 6.45) is 0. The maximum atomic E-state index is 13.2. The minimum atomic E-state index is -0.948. The third-order valence-electron chi connectivity index (χ3n) is 3.45. The van der Waals surface area contributed by atoms with Gasteiger partial charge in [0.1, 0.15) is 0 Å². The Bertz CT molecular complexity index is 786. The van der Waals surface area contributed by atoms with Crippen molar-refractivity contribution in [2.75, 3.05) is 6.54 Å². The Hall–Kier alpha value is -2.32. The van der Waals surface area contributed by atoms with E-state index in [-0.39, 0.29) is 12.6 Å². The van der Waals surface area contributed by atoms with E-state index in [1.165, 1.54) is 6.07 Å². The molecular formula is C17H16BrF2N3O2. The predicted molar refractivity (Wildman–Crippen MR) is 92.5 cm³/mol. The van der Waals surface area contributed by atoms with Crippen molar-refractivity contribution in [2.24, 2.45) is 0 Å². The van der Waals surface area contributed by atoms with Gasteiger partial charge in [-0.3, -0.25) is 20.4 Å². The molecule has 0 saturated carbocycles. The molecule has 2 aromatic rings. The van der Waals surface area contributed by atoms with E-state index in [4.69, 9.17) is 0 Å². The minimum Gasteiger partial charge on any atom is -0.302 e. The van der Waals surface area contributed by atoms with E-state index in [1.54, 1.807) is 31.2 Å². The van der Waals surface area contributed by atoms with Crippen molar-refractivity contribution < 1.29 is 18.4 Å². The minimum absolute atomic E-state index is 0.115. The topological polar surface area (TPSA) is 70.2 Å². The monoisotopic (exact) mass is 411 g/mol. The Balaban J connectivity index is 1.81. The first-order valence-corrected chi connectivity index (χ1v) is 8.20. The molecule has 0 heterocycles. The molecule has 1 atom stereocenters. The number of carbonyl (C=O) groups excluding carboxylic acids is 2. The molecule has 2 rings (SSSR count).